The number of anilines is 1. The van der Waals surface area contributed by atoms with Gasteiger partial charge in [0, 0.05) is 31.8 Å². The minimum Gasteiger partial charge on any atom is -0.361 e. The zero-order chi connectivity index (χ0) is 12.5. The van der Waals surface area contributed by atoms with Crippen molar-refractivity contribution in [3.63, 3.8) is 0 Å². The molecule has 0 saturated carbocycles. The molecule has 0 aliphatic heterocycles. The number of imidazole rings is 1. The standard InChI is InChI=1S/C12H14N6/c1-9-7-10-12(14-4-6-18(10)16-9)15-8-11-13-3-5-17(11)2/h3-7H,8H2,1-2H3,(H,14,15). The summed E-state index contributed by atoms with van der Waals surface area (Å²) in [4.78, 5) is 8.61. The smallest absolute Gasteiger partial charge is 0.152 e. The Morgan fingerprint density at radius 3 is 2.83 bits per heavy atom. The summed E-state index contributed by atoms with van der Waals surface area (Å²) in [5.74, 6) is 1.79. The van der Waals surface area contributed by atoms with E-state index in [1.165, 1.54) is 0 Å². The predicted octanol–water partition coefficient (Wildman–Crippen LogP) is 1.38. The Kier molecular flexibility index (Phi) is 2.47. The molecule has 0 bridgehead atoms. The first-order valence-corrected chi connectivity index (χ1v) is 5.75. The molecule has 0 spiro atoms. The number of hydrogen-bond donors (Lipinski definition) is 1. The van der Waals surface area contributed by atoms with Crippen LogP contribution in [0.2, 0.25) is 0 Å². The van der Waals surface area contributed by atoms with E-state index in [2.05, 4.69) is 20.4 Å². The quantitative estimate of drug-likeness (QED) is 0.754. The third kappa shape index (κ3) is 1.81. The lowest BCUT2D eigenvalue weighted by Gasteiger charge is -2.06. The number of fused-ring (bicyclic) bond motifs is 1. The lowest BCUT2D eigenvalue weighted by atomic mass is 10.4. The molecule has 3 aromatic rings. The van der Waals surface area contributed by atoms with E-state index in [0.29, 0.717) is 6.54 Å². The molecule has 0 aliphatic carbocycles. The molecule has 0 amide bonds. The van der Waals surface area contributed by atoms with Gasteiger partial charge in [0.15, 0.2) is 5.82 Å². The van der Waals surface area contributed by atoms with Gasteiger partial charge in [-0.15, -0.1) is 0 Å². The van der Waals surface area contributed by atoms with Gasteiger partial charge in [0.2, 0.25) is 0 Å². The average molecular weight is 242 g/mol. The van der Waals surface area contributed by atoms with E-state index in [9.17, 15) is 0 Å². The molecule has 0 radical (unpaired) electrons. The number of rotatable bonds is 3. The Hall–Kier alpha value is -2.37. The summed E-state index contributed by atoms with van der Waals surface area (Å²) < 4.78 is 3.80. The zero-order valence-electron chi connectivity index (χ0n) is 10.3. The fraction of sp³-hybridized carbons (Fsp3) is 0.250. The molecular formula is C12H14N6. The van der Waals surface area contributed by atoms with Crippen LogP contribution in [0.5, 0.6) is 0 Å². The van der Waals surface area contributed by atoms with Crippen molar-refractivity contribution in [3.8, 4) is 0 Å². The largest absolute Gasteiger partial charge is 0.361 e. The van der Waals surface area contributed by atoms with Crippen LogP contribution in [0, 0.1) is 6.92 Å². The van der Waals surface area contributed by atoms with E-state index in [4.69, 9.17) is 0 Å². The number of hydrogen-bond acceptors (Lipinski definition) is 4. The maximum atomic E-state index is 4.35. The topological polar surface area (TPSA) is 60.0 Å². The van der Waals surface area contributed by atoms with Gasteiger partial charge in [0.25, 0.3) is 0 Å². The van der Waals surface area contributed by atoms with Crippen LogP contribution in [0.3, 0.4) is 0 Å². The Bertz CT molecular complexity index is 681. The third-order valence-corrected chi connectivity index (χ3v) is 2.85. The van der Waals surface area contributed by atoms with E-state index in [-0.39, 0.29) is 0 Å². The summed E-state index contributed by atoms with van der Waals surface area (Å²) in [6.45, 7) is 2.61. The lowest BCUT2D eigenvalue weighted by Crippen LogP contribution is -2.07. The predicted molar refractivity (Wildman–Crippen MR) is 68.3 cm³/mol. The SMILES string of the molecule is Cc1cc2c(NCc3nccn3C)nccn2n1. The van der Waals surface area contributed by atoms with Crippen molar-refractivity contribution in [1.82, 2.24) is 24.1 Å². The van der Waals surface area contributed by atoms with Crippen molar-refractivity contribution < 1.29 is 0 Å². The van der Waals surface area contributed by atoms with Gasteiger partial charge in [-0.25, -0.2) is 14.5 Å². The van der Waals surface area contributed by atoms with Crippen LogP contribution in [0.4, 0.5) is 5.82 Å². The summed E-state index contributed by atoms with van der Waals surface area (Å²) >= 11 is 0. The first-order chi connectivity index (χ1) is 8.74. The Labute approximate surface area is 104 Å². The van der Waals surface area contributed by atoms with Crippen LogP contribution in [0.25, 0.3) is 5.52 Å². The molecule has 1 N–H and O–H groups in total. The number of nitrogens with zero attached hydrogens (tertiary/aromatic N) is 5. The highest BCUT2D eigenvalue weighted by atomic mass is 15.2. The minimum atomic E-state index is 0.639. The number of nitrogens with one attached hydrogen (secondary N) is 1. The molecule has 0 aliphatic rings. The normalized spacial score (nSPS) is 11.0. The highest BCUT2D eigenvalue weighted by Gasteiger charge is 2.06. The first-order valence-electron chi connectivity index (χ1n) is 5.75. The van der Waals surface area contributed by atoms with Gasteiger partial charge in [0.1, 0.15) is 11.3 Å². The monoisotopic (exact) mass is 242 g/mol. The van der Waals surface area contributed by atoms with E-state index >= 15 is 0 Å². The van der Waals surface area contributed by atoms with Gasteiger partial charge in [-0.2, -0.15) is 5.10 Å². The third-order valence-electron chi connectivity index (χ3n) is 2.85. The van der Waals surface area contributed by atoms with Crippen LogP contribution in [0.15, 0.2) is 30.9 Å². The summed E-state index contributed by atoms with van der Waals surface area (Å²) in [5, 5.41) is 7.64. The van der Waals surface area contributed by atoms with Crippen molar-refractivity contribution in [2.75, 3.05) is 5.32 Å². The van der Waals surface area contributed by atoms with E-state index in [0.717, 1.165) is 22.9 Å². The molecule has 0 atom stereocenters. The van der Waals surface area contributed by atoms with Crippen LogP contribution >= 0.6 is 0 Å². The van der Waals surface area contributed by atoms with Crippen molar-refractivity contribution in [2.24, 2.45) is 7.05 Å². The second-order valence-electron chi connectivity index (χ2n) is 4.20. The maximum absolute atomic E-state index is 4.35. The number of aryl methyl sites for hydroxylation is 2. The van der Waals surface area contributed by atoms with Crippen molar-refractivity contribution in [3.05, 3.63) is 42.4 Å². The molecule has 0 unspecified atom stereocenters. The fourth-order valence-electron chi connectivity index (χ4n) is 1.91. The minimum absolute atomic E-state index is 0.639. The molecule has 6 nitrogen and oxygen atoms in total. The lowest BCUT2D eigenvalue weighted by molar-refractivity contribution is 0.810. The maximum Gasteiger partial charge on any atom is 0.152 e. The van der Waals surface area contributed by atoms with Crippen LogP contribution in [0.1, 0.15) is 11.5 Å². The Balaban J connectivity index is 1.88. The highest BCUT2D eigenvalue weighted by molar-refractivity contribution is 5.67. The molecule has 18 heavy (non-hydrogen) atoms. The van der Waals surface area contributed by atoms with Gasteiger partial charge >= 0.3 is 0 Å². The summed E-state index contributed by atoms with van der Waals surface area (Å²) in [6.07, 6.45) is 7.29. The molecule has 3 aromatic heterocycles. The average Bonchev–Trinajstić information content (AvgIpc) is 2.91. The number of aromatic nitrogens is 5. The van der Waals surface area contributed by atoms with Crippen molar-refractivity contribution in [1.29, 1.82) is 0 Å². The molecule has 0 saturated heterocycles. The summed E-state index contributed by atoms with van der Waals surface area (Å²) in [6, 6.07) is 2.01. The molecule has 3 rings (SSSR count). The van der Waals surface area contributed by atoms with Crippen LogP contribution in [-0.2, 0) is 13.6 Å². The second kappa shape index (κ2) is 4.14. The van der Waals surface area contributed by atoms with Gasteiger partial charge in [0.05, 0.1) is 12.2 Å². The van der Waals surface area contributed by atoms with Gasteiger partial charge in [-0.05, 0) is 13.0 Å². The van der Waals surface area contributed by atoms with E-state index in [1.807, 2.05) is 41.5 Å². The molecule has 3 heterocycles. The second-order valence-corrected chi connectivity index (χ2v) is 4.20. The molecule has 6 heteroatoms. The Morgan fingerprint density at radius 2 is 2.06 bits per heavy atom. The van der Waals surface area contributed by atoms with Crippen molar-refractivity contribution in [2.45, 2.75) is 13.5 Å². The fourth-order valence-corrected chi connectivity index (χ4v) is 1.91. The molecule has 0 aromatic carbocycles. The zero-order valence-corrected chi connectivity index (χ0v) is 10.3. The summed E-state index contributed by atoms with van der Waals surface area (Å²) in [7, 11) is 1.97. The van der Waals surface area contributed by atoms with Crippen LogP contribution in [-0.4, -0.2) is 24.1 Å². The van der Waals surface area contributed by atoms with Gasteiger partial charge in [-0.3, -0.25) is 0 Å². The summed E-state index contributed by atoms with van der Waals surface area (Å²) in [5.41, 5.74) is 1.95. The van der Waals surface area contributed by atoms with Crippen molar-refractivity contribution >= 4 is 11.3 Å². The first kappa shape index (κ1) is 10.8. The molecule has 0 fully saturated rings. The van der Waals surface area contributed by atoms with E-state index in [1.54, 1.807) is 12.4 Å². The molecule has 92 valence electrons. The van der Waals surface area contributed by atoms with Gasteiger partial charge in [-0.1, -0.05) is 0 Å². The van der Waals surface area contributed by atoms with E-state index < -0.39 is 0 Å². The van der Waals surface area contributed by atoms with Gasteiger partial charge < -0.3 is 9.88 Å². The molecular weight excluding hydrogens is 228 g/mol. The highest BCUT2D eigenvalue weighted by Crippen LogP contribution is 2.15. The van der Waals surface area contributed by atoms with Crippen LogP contribution < -0.4 is 5.32 Å². The Morgan fingerprint density at radius 1 is 1.22 bits per heavy atom.